The predicted molar refractivity (Wildman–Crippen MR) is 134 cm³/mol. The molecule has 4 rings (SSSR count). The van der Waals surface area contributed by atoms with Crippen molar-refractivity contribution in [1.29, 1.82) is 0 Å². The van der Waals surface area contributed by atoms with E-state index in [1.165, 1.54) is 0 Å². The summed E-state index contributed by atoms with van der Waals surface area (Å²) in [5, 5.41) is 4.33. The molecule has 4 nitrogen and oxygen atoms in total. The van der Waals surface area contributed by atoms with Gasteiger partial charge in [0.15, 0.2) is 11.6 Å². The Hall–Kier alpha value is -3.83. The zero-order valence-corrected chi connectivity index (χ0v) is 21.9. The summed E-state index contributed by atoms with van der Waals surface area (Å²) in [5.74, 6) is -2.45. The van der Waals surface area contributed by atoms with Crippen molar-refractivity contribution < 1.29 is 44.7 Å². The van der Waals surface area contributed by atoms with Crippen LogP contribution in [0.4, 0.5) is 39.9 Å². The Bertz CT molecular complexity index is 1400. The van der Waals surface area contributed by atoms with E-state index in [4.69, 9.17) is 4.74 Å². The van der Waals surface area contributed by atoms with Crippen molar-refractivity contribution in [3.63, 3.8) is 0 Å². The van der Waals surface area contributed by atoms with E-state index in [1.807, 2.05) is 5.32 Å². The van der Waals surface area contributed by atoms with Gasteiger partial charge in [0, 0.05) is 6.42 Å². The lowest BCUT2D eigenvalue weighted by atomic mass is 9.77. The summed E-state index contributed by atoms with van der Waals surface area (Å²) in [6.07, 6.45) is -11.4. The first-order valence-electron chi connectivity index (χ1n) is 12.6. The lowest BCUT2D eigenvalue weighted by Gasteiger charge is -2.38. The van der Waals surface area contributed by atoms with E-state index in [1.54, 1.807) is 44.2 Å². The summed E-state index contributed by atoms with van der Waals surface area (Å²) >= 11 is 0. The molecule has 12 heteroatoms. The number of benzene rings is 3. The molecule has 0 radical (unpaired) electrons. The van der Waals surface area contributed by atoms with Crippen LogP contribution in [0.25, 0.3) is 0 Å². The third kappa shape index (κ3) is 6.57. The molecule has 2 N–H and O–H groups in total. The van der Waals surface area contributed by atoms with Crippen LogP contribution in [-0.4, -0.2) is 23.9 Å². The van der Waals surface area contributed by atoms with Gasteiger partial charge in [-0.2, -0.15) is 26.3 Å². The Morgan fingerprint density at radius 3 is 2.07 bits per heavy atom. The van der Waals surface area contributed by atoms with E-state index in [9.17, 15) is 39.9 Å². The number of carbonyl (C=O) groups excluding carboxylic acids is 1. The molecule has 1 unspecified atom stereocenters. The average Bonchev–Trinajstić information content (AvgIpc) is 3.65. The number of urea groups is 1. The number of rotatable bonds is 8. The molecule has 0 bridgehead atoms. The molecule has 1 saturated carbocycles. The maximum atomic E-state index is 14.8. The molecule has 1 aliphatic rings. The smallest absolute Gasteiger partial charge is 0.416 e. The maximum absolute atomic E-state index is 14.8. The van der Waals surface area contributed by atoms with Gasteiger partial charge in [-0.3, -0.25) is 0 Å². The largest absolute Gasteiger partial charge is 0.488 e. The fourth-order valence-electron chi connectivity index (χ4n) is 4.62. The van der Waals surface area contributed by atoms with Gasteiger partial charge >= 0.3 is 18.4 Å². The van der Waals surface area contributed by atoms with Crippen LogP contribution < -0.4 is 15.4 Å². The monoisotopic (exact) mass is 586 g/mol. The number of halogens is 8. The van der Waals surface area contributed by atoms with Crippen LogP contribution in [0.1, 0.15) is 48.9 Å². The highest BCUT2D eigenvalue weighted by Gasteiger charge is 2.64. The van der Waals surface area contributed by atoms with Crippen LogP contribution in [0, 0.1) is 11.6 Å². The molecule has 2 amide bonds. The van der Waals surface area contributed by atoms with Gasteiger partial charge in [0.2, 0.25) is 0 Å². The third-order valence-corrected chi connectivity index (χ3v) is 6.79. The van der Waals surface area contributed by atoms with E-state index in [-0.39, 0.29) is 23.8 Å². The highest BCUT2D eigenvalue weighted by atomic mass is 19.4. The van der Waals surface area contributed by atoms with Crippen LogP contribution in [-0.2, 0) is 18.1 Å². The number of nitrogens with one attached hydrogen (secondary N) is 2. The first-order valence-corrected chi connectivity index (χ1v) is 12.6. The second kappa shape index (κ2) is 10.9. The molecule has 1 aliphatic carbocycles. The number of alkyl halides is 6. The standard InChI is InChI=1S/C29H26F8N2O2/c1-17(2)41-24-15-19(8-9-23(24)31)27(16-18-6-4-3-5-7-18,20-12-21(28(32,33)34)14-22(30)13-20)39-25(40)38-26(10-11-26)29(35,36)37/h3-9,12-15,17H,10-11,16H2,1-2H3,(H2,38,39,40). The average molecular weight is 587 g/mol. The summed E-state index contributed by atoms with van der Waals surface area (Å²) < 4.78 is 117. The molecular formula is C29H26F8N2O2. The quantitative estimate of drug-likeness (QED) is 0.267. The molecule has 1 atom stereocenters. The lowest BCUT2D eigenvalue weighted by Crippen LogP contribution is -2.57. The van der Waals surface area contributed by atoms with Crippen molar-refractivity contribution in [3.8, 4) is 5.75 Å². The topological polar surface area (TPSA) is 50.4 Å². The highest BCUT2D eigenvalue weighted by Crippen LogP contribution is 2.49. The number of carbonyl (C=O) groups is 1. The van der Waals surface area contributed by atoms with E-state index in [0.717, 1.165) is 24.3 Å². The molecule has 3 aromatic rings. The predicted octanol–water partition coefficient (Wildman–Crippen LogP) is 7.65. The van der Waals surface area contributed by atoms with Gasteiger partial charge in [0.1, 0.15) is 11.4 Å². The van der Waals surface area contributed by atoms with Gasteiger partial charge in [-0.05, 0) is 73.7 Å². The minimum absolute atomic E-state index is 0.0517. The van der Waals surface area contributed by atoms with E-state index >= 15 is 0 Å². The van der Waals surface area contributed by atoms with Crippen molar-refractivity contribution in [2.45, 2.75) is 62.6 Å². The first kappa shape index (κ1) is 30.1. The fourth-order valence-corrected chi connectivity index (χ4v) is 4.62. The van der Waals surface area contributed by atoms with Crippen LogP contribution >= 0.6 is 0 Å². The number of hydrogen-bond acceptors (Lipinski definition) is 2. The number of amides is 2. The molecule has 0 heterocycles. The summed E-state index contributed by atoms with van der Waals surface area (Å²) in [6.45, 7) is 3.20. The molecule has 3 aromatic carbocycles. The maximum Gasteiger partial charge on any atom is 0.416 e. The van der Waals surface area contributed by atoms with Crippen molar-refractivity contribution in [2.75, 3.05) is 0 Å². The Balaban J connectivity index is 1.96. The Labute approximate surface area is 230 Å². The normalized spacial score (nSPS) is 16.2. The van der Waals surface area contributed by atoms with Crippen molar-refractivity contribution in [2.24, 2.45) is 0 Å². The van der Waals surface area contributed by atoms with E-state index in [0.29, 0.717) is 11.6 Å². The minimum atomic E-state index is -5.00. The highest BCUT2D eigenvalue weighted by molar-refractivity contribution is 5.78. The number of hydrogen-bond donors (Lipinski definition) is 2. The van der Waals surface area contributed by atoms with Crippen LogP contribution in [0.5, 0.6) is 5.75 Å². The SMILES string of the molecule is CC(C)Oc1cc(C(Cc2ccccc2)(NC(=O)NC2(C(F)(F)F)CC2)c2cc(F)cc(C(F)(F)F)c2)ccc1F. The second-order valence-corrected chi connectivity index (χ2v) is 10.3. The molecule has 0 saturated heterocycles. The summed E-state index contributed by atoms with van der Waals surface area (Å²) in [6, 6.07) is 11.5. The van der Waals surface area contributed by atoms with Gasteiger partial charge in [-0.25, -0.2) is 13.6 Å². The van der Waals surface area contributed by atoms with Gasteiger partial charge in [-0.1, -0.05) is 36.4 Å². The minimum Gasteiger partial charge on any atom is -0.488 e. The Morgan fingerprint density at radius 1 is 0.878 bits per heavy atom. The lowest BCUT2D eigenvalue weighted by molar-refractivity contribution is -0.162. The zero-order chi connectivity index (χ0) is 30.2. The molecular weight excluding hydrogens is 560 g/mol. The molecule has 41 heavy (non-hydrogen) atoms. The van der Waals surface area contributed by atoms with Gasteiger partial charge in [-0.15, -0.1) is 0 Å². The van der Waals surface area contributed by atoms with E-state index in [2.05, 4.69) is 5.32 Å². The van der Waals surface area contributed by atoms with Gasteiger partial charge in [0.25, 0.3) is 0 Å². The van der Waals surface area contributed by atoms with E-state index < -0.39 is 71.2 Å². The van der Waals surface area contributed by atoms with Crippen LogP contribution in [0.15, 0.2) is 66.7 Å². The number of ether oxygens (including phenoxy) is 1. The molecule has 0 aromatic heterocycles. The third-order valence-electron chi connectivity index (χ3n) is 6.79. The molecule has 220 valence electrons. The fraction of sp³-hybridized carbons (Fsp3) is 0.345. The first-order chi connectivity index (χ1) is 19.0. The summed E-state index contributed by atoms with van der Waals surface area (Å²) in [7, 11) is 0. The Kier molecular flexibility index (Phi) is 7.99. The summed E-state index contributed by atoms with van der Waals surface area (Å²) in [5.41, 5.74) is -6.06. The van der Waals surface area contributed by atoms with Crippen molar-refractivity contribution in [1.82, 2.24) is 10.6 Å². The second-order valence-electron chi connectivity index (χ2n) is 10.3. The van der Waals surface area contributed by atoms with Crippen LogP contribution in [0.2, 0.25) is 0 Å². The molecule has 1 fully saturated rings. The Morgan fingerprint density at radius 2 is 1.51 bits per heavy atom. The van der Waals surface area contributed by atoms with Gasteiger partial charge < -0.3 is 15.4 Å². The zero-order valence-electron chi connectivity index (χ0n) is 21.9. The van der Waals surface area contributed by atoms with Gasteiger partial charge in [0.05, 0.1) is 17.2 Å². The summed E-state index contributed by atoms with van der Waals surface area (Å²) in [4.78, 5) is 13.3. The van der Waals surface area contributed by atoms with Crippen LogP contribution in [0.3, 0.4) is 0 Å². The van der Waals surface area contributed by atoms with Crippen molar-refractivity contribution in [3.05, 3.63) is 101 Å². The molecule has 0 aliphatic heterocycles. The van der Waals surface area contributed by atoms with Crippen molar-refractivity contribution >= 4 is 6.03 Å². The molecule has 0 spiro atoms.